The smallest absolute Gasteiger partial charge is 0.243 e. The van der Waals surface area contributed by atoms with E-state index in [1.807, 2.05) is 0 Å². The molecule has 1 aromatic carbocycles. The molecule has 0 aromatic heterocycles. The molecule has 1 heterocycles. The van der Waals surface area contributed by atoms with Crippen molar-refractivity contribution in [1.82, 2.24) is 9.21 Å². The van der Waals surface area contributed by atoms with Crippen LogP contribution in [0.3, 0.4) is 0 Å². The van der Waals surface area contributed by atoms with Gasteiger partial charge >= 0.3 is 0 Å². The van der Waals surface area contributed by atoms with Crippen LogP contribution >= 0.6 is 0 Å². The highest BCUT2D eigenvalue weighted by Gasteiger charge is 2.56. The van der Waals surface area contributed by atoms with Gasteiger partial charge < -0.3 is 9.84 Å². The van der Waals surface area contributed by atoms with Gasteiger partial charge in [-0.2, -0.15) is 4.31 Å². The van der Waals surface area contributed by atoms with Crippen molar-refractivity contribution in [3.63, 3.8) is 0 Å². The topological polar surface area (TPSA) is 70.1 Å². The van der Waals surface area contributed by atoms with E-state index >= 15 is 0 Å². The van der Waals surface area contributed by atoms with Gasteiger partial charge in [-0.05, 0) is 80.0 Å². The van der Waals surface area contributed by atoms with Crippen molar-refractivity contribution in [2.45, 2.75) is 42.6 Å². The van der Waals surface area contributed by atoms with Crippen LogP contribution in [0.25, 0.3) is 0 Å². The lowest BCUT2D eigenvalue weighted by atomic mass is 9.49. The fourth-order valence-electron chi connectivity index (χ4n) is 6.64. The number of ether oxygens (including phenoxy) is 1. The molecule has 1 aromatic rings. The zero-order valence-electron chi connectivity index (χ0n) is 17.2. The van der Waals surface area contributed by atoms with Gasteiger partial charge in [0.15, 0.2) is 0 Å². The number of benzene rings is 1. The number of aliphatic hydroxyl groups is 1. The van der Waals surface area contributed by atoms with Crippen molar-refractivity contribution in [2.24, 2.45) is 23.7 Å². The lowest BCUT2D eigenvalue weighted by Gasteiger charge is -2.60. The maximum absolute atomic E-state index is 13.0. The molecule has 1 saturated heterocycles. The summed E-state index contributed by atoms with van der Waals surface area (Å²) in [4.78, 5) is 2.61. The second-order valence-corrected chi connectivity index (χ2v) is 11.6. The molecule has 4 aliphatic carbocycles. The van der Waals surface area contributed by atoms with Crippen LogP contribution in [0.1, 0.15) is 32.1 Å². The molecule has 1 aliphatic heterocycles. The van der Waals surface area contributed by atoms with E-state index in [1.54, 1.807) is 35.7 Å². The fraction of sp³-hybridized carbons (Fsp3) is 0.727. The average Bonchev–Trinajstić information content (AvgIpc) is 2.72. The van der Waals surface area contributed by atoms with Crippen molar-refractivity contribution in [1.29, 1.82) is 0 Å². The molecule has 0 amide bonds. The van der Waals surface area contributed by atoms with Crippen molar-refractivity contribution in [3.05, 3.63) is 24.3 Å². The minimum Gasteiger partial charge on any atom is -0.497 e. The Bertz CT molecular complexity index is 818. The lowest BCUT2D eigenvalue weighted by Crippen LogP contribution is -2.63. The molecule has 1 N–H and O–H groups in total. The molecule has 0 unspecified atom stereocenters. The predicted octanol–water partition coefficient (Wildman–Crippen LogP) is 2.19. The zero-order valence-corrected chi connectivity index (χ0v) is 18.0. The summed E-state index contributed by atoms with van der Waals surface area (Å²) in [6.07, 6.45) is 6.14. The van der Waals surface area contributed by atoms with Crippen LogP contribution in [-0.2, 0) is 10.0 Å². The molecule has 29 heavy (non-hydrogen) atoms. The first-order valence-electron chi connectivity index (χ1n) is 11.0. The van der Waals surface area contributed by atoms with Gasteiger partial charge in [0, 0.05) is 32.7 Å². The van der Waals surface area contributed by atoms with Gasteiger partial charge in [-0.25, -0.2) is 8.42 Å². The van der Waals surface area contributed by atoms with Gasteiger partial charge in [-0.1, -0.05) is 0 Å². The third-order valence-electron chi connectivity index (χ3n) is 8.06. The lowest BCUT2D eigenvalue weighted by molar-refractivity contribution is -0.183. The monoisotopic (exact) mass is 420 g/mol. The molecular weight excluding hydrogens is 388 g/mol. The first-order chi connectivity index (χ1) is 13.9. The van der Waals surface area contributed by atoms with E-state index in [4.69, 9.17) is 4.74 Å². The van der Waals surface area contributed by atoms with E-state index in [0.717, 1.165) is 11.8 Å². The summed E-state index contributed by atoms with van der Waals surface area (Å²) >= 11 is 0. The number of nitrogens with zero attached hydrogens (tertiary/aromatic N) is 2. The summed E-state index contributed by atoms with van der Waals surface area (Å²) in [5.74, 6) is 3.21. The van der Waals surface area contributed by atoms with Crippen LogP contribution in [0, 0.1) is 23.7 Å². The van der Waals surface area contributed by atoms with Crippen LogP contribution in [0.5, 0.6) is 5.75 Å². The van der Waals surface area contributed by atoms with Gasteiger partial charge in [0.2, 0.25) is 10.0 Å². The van der Waals surface area contributed by atoms with Crippen LogP contribution in [0.4, 0.5) is 0 Å². The normalized spacial score (nSPS) is 37.7. The van der Waals surface area contributed by atoms with E-state index < -0.39 is 15.6 Å². The van der Waals surface area contributed by atoms with E-state index in [1.165, 1.54) is 32.1 Å². The second-order valence-electron chi connectivity index (χ2n) is 9.65. The van der Waals surface area contributed by atoms with Crippen LogP contribution in [-0.4, -0.2) is 68.2 Å². The molecule has 6 rings (SSSR count). The number of methoxy groups -OCH3 is 1. The van der Waals surface area contributed by atoms with E-state index in [0.29, 0.717) is 55.2 Å². The molecular formula is C22H32N2O4S. The summed E-state index contributed by atoms with van der Waals surface area (Å²) in [5, 5.41) is 11.6. The summed E-state index contributed by atoms with van der Waals surface area (Å²) in [5.41, 5.74) is -0.565. The highest BCUT2D eigenvalue weighted by atomic mass is 32.2. The highest BCUT2D eigenvalue weighted by molar-refractivity contribution is 7.89. The zero-order chi connectivity index (χ0) is 20.2. The van der Waals surface area contributed by atoms with E-state index in [-0.39, 0.29) is 0 Å². The Morgan fingerprint density at radius 1 is 0.966 bits per heavy atom. The maximum atomic E-state index is 13.0. The molecule has 4 bridgehead atoms. The third-order valence-corrected chi connectivity index (χ3v) is 9.97. The fourth-order valence-corrected chi connectivity index (χ4v) is 8.06. The highest BCUT2D eigenvalue weighted by Crippen LogP contribution is 2.58. The number of sulfonamides is 1. The Labute approximate surface area is 173 Å². The van der Waals surface area contributed by atoms with Crippen molar-refractivity contribution >= 4 is 10.0 Å². The van der Waals surface area contributed by atoms with Gasteiger partial charge in [0.25, 0.3) is 0 Å². The number of hydrogen-bond donors (Lipinski definition) is 1. The van der Waals surface area contributed by atoms with Gasteiger partial charge in [0.1, 0.15) is 5.75 Å². The Morgan fingerprint density at radius 3 is 2.03 bits per heavy atom. The quantitative estimate of drug-likeness (QED) is 0.791. The number of hydrogen-bond acceptors (Lipinski definition) is 5. The molecule has 160 valence electrons. The summed E-state index contributed by atoms with van der Waals surface area (Å²) in [7, 11) is -1.92. The Kier molecular flexibility index (Phi) is 4.93. The van der Waals surface area contributed by atoms with Crippen molar-refractivity contribution < 1.29 is 18.3 Å². The molecule has 6 nitrogen and oxygen atoms in total. The number of rotatable bonds is 5. The number of piperazine rings is 1. The average molecular weight is 421 g/mol. The van der Waals surface area contributed by atoms with Gasteiger partial charge in [0.05, 0.1) is 17.6 Å². The molecule has 0 spiro atoms. The summed E-state index contributed by atoms with van der Waals surface area (Å²) in [6.45, 7) is 3.03. The largest absolute Gasteiger partial charge is 0.497 e. The molecule has 5 fully saturated rings. The Balaban J connectivity index is 1.22. The van der Waals surface area contributed by atoms with Gasteiger partial charge in [-0.15, -0.1) is 0 Å². The van der Waals surface area contributed by atoms with Crippen LogP contribution in [0.15, 0.2) is 29.2 Å². The second kappa shape index (κ2) is 7.22. The first kappa shape index (κ1) is 19.8. The molecule has 5 aliphatic rings. The minimum absolute atomic E-state index is 0.311. The van der Waals surface area contributed by atoms with Crippen molar-refractivity contribution in [3.8, 4) is 5.75 Å². The summed E-state index contributed by atoms with van der Waals surface area (Å²) in [6, 6.07) is 6.59. The van der Waals surface area contributed by atoms with Crippen molar-refractivity contribution in [2.75, 3.05) is 39.8 Å². The van der Waals surface area contributed by atoms with Crippen LogP contribution in [0.2, 0.25) is 0 Å². The Hall–Kier alpha value is -1.15. The molecule has 0 radical (unpaired) electrons. The number of β-amino-alcohol motifs (C(OH)–C–C–N with tert-alkyl or cyclic N) is 1. The van der Waals surface area contributed by atoms with E-state index in [9.17, 15) is 13.5 Å². The molecule has 7 heteroatoms. The third kappa shape index (κ3) is 3.40. The molecule has 4 saturated carbocycles. The predicted molar refractivity (Wildman–Crippen MR) is 110 cm³/mol. The van der Waals surface area contributed by atoms with E-state index in [2.05, 4.69) is 4.90 Å². The molecule has 0 atom stereocenters. The minimum atomic E-state index is -3.49. The maximum Gasteiger partial charge on any atom is 0.243 e. The SMILES string of the molecule is COc1ccc(S(=O)(=O)N2CCN(CC3(O)C4CC5CC(C4)CC3C5)CC2)cc1. The first-order valence-corrected chi connectivity index (χ1v) is 12.4. The van der Waals surface area contributed by atoms with Gasteiger partial charge in [-0.3, -0.25) is 4.90 Å². The standard InChI is InChI=1S/C22H32N2O4S/c1-28-20-2-4-21(5-3-20)29(26,27)24-8-6-23(7-9-24)15-22(25)18-11-16-10-17(13-18)14-19(22)12-16/h2-5,16-19,25H,6-15H2,1H3. The Morgan fingerprint density at radius 2 is 1.52 bits per heavy atom. The van der Waals surface area contributed by atoms with Crippen LogP contribution < -0.4 is 4.74 Å². The summed E-state index contributed by atoms with van der Waals surface area (Å²) < 4.78 is 32.6.